The van der Waals surface area contributed by atoms with Crippen LogP contribution in [-0.2, 0) is 0 Å². The van der Waals surface area contributed by atoms with Crippen molar-refractivity contribution < 1.29 is 4.74 Å². The lowest BCUT2D eigenvalue weighted by molar-refractivity contribution is 0.482. The molecule has 76 valence electrons. The Labute approximate surface area is 92.5 Å². The first-order valence-electron chi connectivity index (χ1n) is 4.39. The molecule has 4 heteroatoms. The van der Waals surface area contributed by atoms with Crippen LogP contribution in [0, 0.1) is 0 Å². The molecule has 0 spiro atoms. The molecule has 0 amide bonds. The maximum absolute atomic E-state index is 5.86. The van der Waals surface area contributed by atoms with E-state index >= 15 is 0 Å². The van der Waals surface area contributed by atoms with Crippen molar-refractivity contribution in [2.45, 2.75) is 0 Å². The third-order valence-corrected chi connectivity index (χ3v) is 2.20. The van der Waals surface area contributed by atoms with Gasteiger partial charge in [-0.25, -0.2) is 0 Å². The summed E-state index contributed by atoms with van der Waals surface area (Å²) < 4.78 is 5.52. The van der Waals surface area contributed by atoms with E-state index in [1.165, 1.54) is 0 Å². The number of benzene rings is 1. The average Bonchev–Trinajstić information content (AvgIpc) is 2.26. The number of para-hydroxylation sites is 1. The number of nitrogens with zero attached hydrogens (tertiary/aromatic N) is 1. The molecule has 0 aliphatic carbocycles. The summed E-state index contributed by atoms with van der Waals surface area (Å²) in [6.07, 6.45) is 3.29. The van der Waals surface area contributed by atoms with Crippen molar-refractivity contribution in [1.82, 2.24) is 4.98 Å². The van der Waals surface area contributed by atoms with E-state index in [4.69, 9.17) is 22.1 Å². The van der Waals surface area contributed by atoms with Gasteiger partial charge in [0.05, 0.1) is 16.9 Å². The largest absolute Gasteiger partial charge is 0.454 e. The van der Waals surface area contributed by atoms with Gasteiger partial charge in [-0.2, -0.15) is 0 Å². The molecule has 0 fully saturated rings. The number of pyridine rings is 1. The molecule has 1 heterocycles. The van der Waals surface area contributed by atoms with Gasteiger partial charge in [0, 0.05) is 6.20 Å². The van der Waals surface area contributed by atoms with E-state index in [0.29, 0.717) is 22.2 Å². The van der Waals surface area contributed by atoms with Gasteiger partial charge in [-0.15, -0.1) is 0 Å². The first kappa shape index (κ1) is 9.80. The van der Waals surface area contributed by atoms with Crippen molar-refractivity contribution in [1.29, 1.82) is 0 Å². The lowest BCUT2D eigenvalue weighted by Crippen LogP contribution is -1.92. The molecule has 1 aromatic carbocycles. The number of ether oxygens (including phenoxy) is 1. The number of anilines is 1. The normalized spacial score (nSPS) is 9.93. The van der Waals surface area contributed by atoms with Crippen molar-refractivity contribution in [3.05, 3.63) is 47.7 Å². The Balaban J connectivity index is 2.29. The molecule has 0 aliphatic rings. The van der Waals surface area contributed by atoms with E-state index in [1.807, 2.05) is 0 Å². The molecule has 0 aliphatic heterocycles. The smallest absolute Gasteiger partial charge is 0.151 e. The van der Waals surface area contributed by atoms with Crippen LogP contribution in [0.3, 0.4) is 0 Å². The fourth-order valence-corrected chi connectivity index (χ4v) is 1.31. The minimum Gasteiger partial charge on any atom is -0.454 e. The van der Waals surface area contributed by atoms with Crippen LogP contribution in [0.25, 0.3) is 0 Å². The summed E-state index contributed by atoms with van der Waals surface area (Å²) in [6.45, 7) is 0. The predicted molar refractivity (Wildman–Crippen MR) is 60.2 cm³/mol. The van der Waals surface area contributed by atoms with E-state index in [2.05, 4.69) is 4.98 Å². The lowest BCUT2D eigenvalue weighted by Gasteiger charge is -2.08. The first-order valence-corrected chi connectivity index (χ1v) is 4.77. The molecule has 0 unspecified atom stereocenters. The zero-order chi connectivity index (χ0) is 10.7. The molecule has 2 N–H and O–H groups in total. The van der Waals surface area contributed by atoms with Crippen LogP contribution in [-0.4, -0.2) is 4.98 Å². The Kier molecular flexibility index (Phi) is 2.74. The standard InChI is InChI=1S/C11H9ClN2O/c12-9-4-1-5-10(11(9)13)15-8-3-2-6-14-7-8/h1-7H,13H2. The highest BCUT2D eigenvalue weighted by atomic mass is 35.5. The number of halogens is 1. The topological polar surface area (TPSA) is 48.1 Å². The van der Waals surface area contributed by atoms with Gasteiger partial charge in [0.25, 0.3) is 0 Å². The van der Waals surface area contributed by atoms with Crippen LogP contribution in [0.4, 0.5) is 5.69 Å². The van der Waals surface area contributed by atoms with Crippen LogP contribution in [0.5, 0.6) is 11.5 Å². The van der Waals surface area contributed by atoms with Crippen molar-refractivity contribution in [2.24, 2.45) is 0 Å². The SMILES string of the molecule is Nc1c(Cl)cccc1Oc1cccnc1. The van der Waals surface area contributed by atoms with Gasteiger partial charge in [-0.1, -0.05) is 17.7 Å². The molecular weight excluding hydrogens is 212 g/mol. The van der Waals surface area contributed by atoms with Crippen LogP contribution >= 0.6 is 11.6 Å². The van der Waals surface area contributed by atoms with Gasteiger partial charge < -0.3 is 10.5 Å². The fourth-order valence-electron chi connectivity index (χ4n) is 1.14. The van der Waals surface area contributed by atoms with E-state index in [-0.39, 0.29) is 0 Å². The van der Waals surface area contributed by atoms with Crippen LogP contribution in [0.2, 0.25) is 5.02 Å². The monoisotopic (exact) mass is 220 g/mol. The molecule has 2 aromatic rings. The van der Waals surface area contributed by atoms with Gasteiger partial charge in [-0.3, -0.25) is 4.98 Å². The van der Waals surface area contributed by atoms with E-state index < -0.39 is 0 Å². The maximum Gasteiger partial charge on any atom is 0.151 e. The summed E-state index contributed by atoms with van der Waals surface area (Å²) >= 11 is 5.86. The van der Waals surface area contributed by atoms with Crippen LogP contribution in [0.15, 0.2) is 42.7 Å². The molecule has 0 saturated heterocycles. The second-order valence-electron chi connectivity index (χ2n) is 2.94. The second-order valence-corrected chi connectivity index (χ2v) is 3.35. The van der Waals surface area contributed by atoms with Gasteiger partial charge in [-0.05, 0) is 24.3 Å². The fraction of sp³-hybridized carbons (Fsp3) is 0. The van der Waals surface area contributed by atoms with E-state index in [0.717, 1.165) is 0 Å². The number of aromatic nitrogens is 1. The summed E-state index contributed by atoms with van der Waals surface area (Å²) in [4.78, 5) is 3.93. The molecule has 15 heavy (non-hydrogen) atoms. The average molecular weight is 221 g/mol. The summed E-state index contributed by atoms with van der Waals surface area (Å²) in [5.41, 5.74) is 6.19. The highest BCUT2D eigenvalue weighted by molar-refractivity contribution is 6.33. The van der Waals surface area contributed by atoms with Crippen molar-refractivity contribution in [2.75, 3.05) is 5.73 Å². The van der Waals surface area contributed by atoms with E-state index in [1.54, 1.807) is 42.7 Å². The molecule has 3 nitrogen and oxygen atoms in total. The third-order valence-electron chi connectivity index (χ3n) is 1.88. The number of rotatable bonds is 2. The first-order chi connectivity index (χ1) is 7.27. The molecule has 0 radical (unpaired) electrons. The number of nitrogens with two attached hydrogens (primary N) is 1. The van der Waals surface area contributed by atoms with Crippen LogP contribution in [0.1, 0.15) is 0 Å². The Morgan fingerprint density at radius 1 is 1.20 bits per heavy atom. The third kappa shape index (κ3) is 2.19. The quantitative estimate of drug-likeness (QED) is 0.792. The molecule has 0 atom stereocenters. The summed E-state index contributed by atoms with van der Waals surface area (Å²) in [7, 11) is 0. The Bertz CT molecular complexity index is 459. The summed E-state index contributed by atoms with van der Waals surface area (Å²) in [5.74, 6) is 1.17. The second kappa shape index (κ2) is 4.19. The highest BCUT2D eigenvalue weighted by Gasteiger charge is 2.04. The Hall–Kier alpha value is -1.74. The zero-order valence-electron chi connectivity index (χ0n) is 7.85. The van der Waals surface area contributed by atoms with Crippen molar-refractivity contribution in [3.63, 3.8) is 0 Å². The number of hydrogen-bond donors (Lipinski definition) is 1. The van der Waals surface area contributed by atoms with Crippen molar-refractivity contribution in [3.8, 4) is 11.5 Å². The van der Waals surface area contributed by atoms with Gasteiger partial charge in [0.15, 0.2) is 5.75 Å². The van der Waals surface area contributed by atoms with Crippen molar-refractivity contribution >= 4 is 17.3 Å². The van der Waals surface area contributed by atoms with Gasteiger partial charge in [0.2, 0.25) is 0 Å². The predicted octanol–water partition coefficient (Wildman–Crippen LogP) is 3.11. The molecule has 0 saturated carbocycles. The maximum atomic E-state index is 5.86. The van der Waals surface area contributed by atoms with Gasteiger partial charge in [0.1, 0.15) is 5.75 Å². The summed E-state index contributed by atoms with van der Waals surface area (Å²) in [5, 5.41) is 0.483. The Morgan fingerprint density at radius 2 is 2.07 bits per heavy atom. The minimum absolute atomic E-state index is 0.433. The number of nitrogen functional groups attached to an aromatic ring is 1. The Morgan fingerprint density at radius 3 is 2.80 bits per heavy atom. The molecule has 2 rings (SSSR count). The highest BCUT2D eigenvalue weighted by Crippen LogP contribution is 2.31. The molecule has 1 aromatic heterocycles. The summed E-state index contributed by atoms with van der Waals surface area (Å²) in [6, 6.07) is 8.84. The molecule has 0 bridgehead atoms. The minimum atomic E-state index is 0.433. The zero-order valence-corrected chi connectivity index (χ0v) is 8.61. The van der Waals surface area contributed by atoms with E-state index in [9.17, 15) is 0 Å². The molecular formula is C11H9ClN2O. The van der Waals surface area contributed by atoms with Gasteiger partial charge >= 0.3 is 0 Å². The lowest BCUT2D eigenvalue weighted by atomic mass is 10.3. The number of hydrogen-bond acceptors (Lipinski definition) is 3. The van der Waals surface area contributed by atoms with Crippen LogP contribution < -0.4 is 10.5 Å².